The normalized spacial score (nSPS) is 12.3. The van der Waals surface area contributed by atoms with E-state index in [-0.39, 0.29) is 29.8 Å². The molecule has 2 amide bonds. The summed E-state index contributed by atoms with van der Waals surface area (Å²) in [6.07, 6.45) is -4.52. The van der Waals surface area contributed by atoms with E-state index in [1.165, 1.54) is 24.3 Å². The molecule has 1 atom stereocenters. The molecule has 3 N–H and O–H groups in total. The first kappa shape index (κ1) is 38.0. The van der Waals surface area contributed by atoms with Crippen molar-refractivity contribution in [3.05, 3.63) is 148 Å². The molecule has 0 spiro atoms. The number of rotatable bonds is 11. The second-order valence-electron chi connectivity index (χ2n) is 13.0. The Morgan fingerprint density at radius 2 is 1.31 bits per heavy atom. The maximum absolute atomic E-state index is 14.4. The van der Waals surface area contributed by atoms with Gasteiger partial charge in [-0.1, -0.05) is 90.0 Å². The van der Waals surface area contributed by atoms with Gasteiger partial charge in [0.1, 0.15) is 0 Å². The lowest BCUT2D eigenvalue weighted by atomic mass is 9.89. The molecule has 0 aliphatic carbocycles. The summed E-state index contributed by atoms with van der Waals surface area (Å²) >= 11 is 0. The molecular formula is C41H39F3N2O5S. The topological polar surface area (TPSA) is 113 Å². The Morgan fingerprint density at radius 1 is 0.731 bits per heavy atom. The number of anilines is 1. The van der Waals surface area contributed by atoms with Crippen molar-refractivity contribution in [1.82, 2.24) is 5.32 Å². The standard InChI is InChI=1S/C41H39F3N2O5S/c1-25-5-16-34(27(3)21-25)30-11-13-31(14-12-30)37(23-29-7-9-32(10-8-29)39(47)45-19-20-52(49,50)51)40(48)46-33-15-18-36(38(24-33)41(42,43)44)35-17-6-26(2)22-28(35)4/h5-18,21-22,24,37H,19-20,23H2,1-4H3,(H,45,47)(H,46,48)(H,49,50,51). The maximum Gasteiger partial charge on any atom is 0.417 e. The number of carbonyl (C=O) groups is 2. The van der Waals surface area contributed by atoms with E-state index in [1.54, 1.807) is 31.2 Å². The quantitative estimate of drug-likeness (QED) is 0.118. The smallest absolute Gasteiger partial charge is 0.351 e. The minimum absolute atomic E-state index is 0.000322. The van der Waals surface area contributed by atoms with Crippen molar-refractivity contribution < 1.29 is 35.7 Å². The van der Waals surface area contributed by atoms with Crippen LogP contribution in [0.1, 0.15) is 55.2 Å². The molecule has 5 rings (SSSR count). The van der Waals surface area contributed by atoms with Crippen molar-refractivity contribution in [3.63, 3.8) is 0 Å². The van der Waals surface area contributed by atoms with Crippen LogP contribution in [0.3, 0.4) is 0 Å². The molecule has 11 heteroatoms. The summed E-state index contributed by atoms with van der Waals surface area (Å²) in [4.78, 5) is 26.5. The van der Waals surface area contributed by atoms with Gasteiger partial charge in [-0.25, -0.2) is 0 Å². The summed E-state index contributed by atoms with van der Waals surface area (Å²) in [5, 5.41) is 5.16. The first-order valence-corrected chi connectivity index (χ1v) is 18.2. The van der Waals surface area contributed by atoms with Gasteiger partial charge in [-0.2, -0.15) is 21.6 Å². The molecule has 0 fully saturated rings. The number of alkyl halides is 3. The van der Waals surface area contributed by atoms with Crippen molar-refractivity contribution in [1.29, 1.82) is 0 Å². The Hall–Kier alpha value is -5.26. The lowest BCUT2D eigenvalue weighted by molar-refractivity contribution is -0.137. The lowest BCUT2D eigenvalue weighted by Crippen LogP contribution is -2.28. The zero-order valence-electron chi connectivity index (χ0n) is 29.1. The van der Waals surface area contributed by atoms with Gasteiger partial charge < -0.3 is 10.6 Å². The molecule has 0 aromatic heterocycles. The minimum Gasteiger partial charge on any atom is -0.351 e. The van der Waals surface area contributed by atoms with Crippen molar-refractivity contribution in [2.75, 3.05) is 17.6 Å². The monoisotopic (exact) mass is 728 g/mol. The van der Waals surface area contributed by atoms with Gasteiger partial charge in [-0.05, 0) is 103 Å². The van der Waals surface area contributed by atoms with E-state index in [0.29, 0.717) is 22.3 Å². The van der Waals surface area contributed by atoms with Gasteiger partial charge >= 0.3 is 6.18 Å². The highest BCUT2D eigenvalue weighted by atomic mass is 32.2. The van der Waals surface area contributed by atoms with Gasteiger partial charge in [0.05, 0.1) is 17.2 Å². The third-order valence-electron chi connectivity index (χ3n) is 8.89. The van der Waals surface area contributed by atoms with Gasteiger partial charge in [-0.15, -0.1) is 0 Å². The van der Waals surface area contributed by atoms with Gasteiger partial charge in [0.15, 0.2) is 0 Å². The van der Waals surface area contributed by atoms with E-state index in [0.717, 1.165) is 33.9 Å². The van der Waals surface area contributed by atoms with Crippen molar-refractivity contribution in [2.45, 2.75) is 46.2 Å². The molecule has 5 aromatic rings. The van der Waals surface area contributed by atoms with Crippen molar-refractivity contribution >= 4 is 27.6 Å². The Morgan fingerprint density at radius 3 is 1.87 bits per heavy atom. The number of halogens is 3. The molecule has 0 heterocycles. The molecule has 5 aromatic carbocycles. The molecule has 52 heavy (non-hydrogen) atoms. The van der Waals surface area contributed by atoms with Gasteiger partial charge in [0.2, 0.25) is 5.91 Å². The highest BCUT2D eigenvalue weighted by Crippen LogP contribution is 2.40. The predicted molar refractivity (Wildman–Crippen MR) is 198 cm³/mol. The Balaban J connectivity index is 1.45. The van der Waals surface area contributed by atoms with Crippen LogP contribution in [0.5, 0.6) is 0 Å². The molecule has 0 saturated heterocycles. The number of benzene rings is 5. The minimum atomic E-state index is -4.68. The van der Waals surface area contributed by atoms with Crippen LogP contribution >= 0.6 is 0 Å². The summed E-state index contributed by atoms with van der Waals surface area (Å²) in [6, 6.07) is 29.0. The number of amides is 2. The summed E-state index contributed by atoms with van der Waals surface area (Å²) in [7, 11) is -4.24. The summed E-state index contributed by atoms with van der Waals surface area (Å²) in [5.41, 5.74) is 6.99. The summed E-state index contributed by atoms with van der Waals surface area (Å²) in [5.74, 6) is -2.51. The second-order valence-corrected chi connectivity index (χ2v) is 14.6. The average molecular weight is 729 g/mol. The van der Waals surface area contributed by atoms with Crippen LogP contribution in [0.4, 0.5) is 18.9 Å². The highest BCUT2D eigenvalue weighted by molar-refractivity contribution is 7.85. The zero-order valence-corrected chi connectivity index (χ0v) is 30.0. The Kier molecular flexibility index (Phi) is 11.4. The third kappa shape index (κ3) is 9.54. The van der Waals surface area contributed by atoms with Gasteiger partial charge in [0, 0.05) is 17.8 Å². The van der Waals surface area contributed by atoms with Crippen LogP contribution in [0.2, 0.25) is 0 Å². The number of hydrogen-bond acceptors (Lipinski definition) is 4. The number of carbonyl (C=O) groups excluding carboxylic acids is 2. The van der Waals surface area contributed by atoms with E-state index < -0.39 is 45.3 Å². The molecule has 0 bridgehead atoms. The van der Waals surface area contributed by atoms with Crippen molar-refractivity contribution in [2.24, 2.45) is 0 Å². The van der Waals surface area contributed by atoms with E-state index in [4.69, 9.17) is 4.55 Å². The number of aryl methyl sites for hydroxylation is 4. The largest absolute Gasteiger partial charge is 0.417 e. The van der Waals surface area contributed by atoms with E-state index in [1.807, 2.05) is 63.2 Å². The Labute approximate surface area is 301 Å². The van der Waals surface area contributed by atoms with Crippen LogP contribution in [0.15, 0.2) is 103 Å². The fourth-order valence-electron chi connectivity index (χ4n) is 6.25. The molecule has 7 nitrogen and oxygen atoms in total. The van der Waals surface area contributed by atoms with Crippen LogP contribution in [-0.2, 0) is 27.5 Å². The van der Waals surface area contributed by atoms with Crippen LogP contribution in [-0.4, -0.2) is 37.1 Å². The van der Waals surface area contributed by atoms with E-state index in [2.05, 4.69) is 16.7 Å². The average Bonchev–Trinajstić information content (AvgIpc) is 3.07. The first-order chi connectivity index (χ1) is 24.5. The maximum atomic E-state index is 14.4. The molecule has 0 aliphatic heterocycles. The Bertz CT molecular complexity index is 2220. The zero-order chi connectivity index (χ0) is 37.8. The van der Waals surface area contributed by atoms with Crippen molar-refractivity contribution in [3.8, 4) is 22.3 Å². The van der Waals surface area contributed by atoms with Gasteiger partial charge in [0.25, 0.3) is 16.0 Å². The molecule has 1 unspecified atom stereocenters. The molecule has 0 radical (unpaired) electrons. The fourth-order valence-corrected chi connectivity index (χ4v) is 6.61. The first-order valence-electron chi connectivity index (χ1n) is 16.6. The van der Waals surface area contributed by atoms with Gasteiger partial charge in [-0.3, -0.25) is 14.1 Å². The molecular weight excluding hydrogens is 690 g/mol. The molecule has 270 valence electrons. The SMILES string of the molecule is Cc1ccc(-c2ccc(C(Cc3ccc(C(=O)NCCS(=O)(=O)O)cc3)C(=O)Nc3ccc(-c4ccc(C)cc4C)c(C(F)(F)F)c3)cc2)c(C)c1. The second kappa shape index (κ2) is 15.5. The molecule has 0 saturated carbocycles. The number of hydrogen-bond donors (Lipinski definition) is 3. The van der Waals surface area contributed by atoms with Crippen LogP contribution < -0.4 is 10.6 Å². The van der Waals surface area contributed by atoms with E-state index >= 15 is 0 Å². The lowest BCUT2D eigenvalue weighted by Gasteiger charge is -2.20. The predicted octanol–water partition coefficient (Wildman–Crippen LogP) is 8.86. The van der Waals surface area contributed by atoms with Crippen LogP contribution in [0.25, 0.3) is 22.3 Å². The fraction of sp³-hybridized carbons (Fsp3) is 0.220. The molecule has 0 aliphatic rings. The number of nitrogens with one attached hydrogen (secondary N) is 2. The summed E-state index contributed by atoms with van der Waals surface area (Å²) in [6.45, 7) is 7.39. The van der Waals surface area contributed by atoms with Crippen LogP contribution in [0, 0.1) is 27.7 Å². The van der Waals surface area contributed by atoms with E-state index in [9.17, 15) is 31.2 Å². The summed E-state index contributed by atoms with van der Waals surface area (Å²) < 4.78 is 74.2. The third-order valence-corrected chi connectivity index (χ3v) is 9.61. The highest BCUT2D eigenvalue weighted by Gasteiger charge is 2.35.